The molecule has 6 nitrogen and oxygen atoms in total. The van der Waals surface area contributed by atoms with Crippen LogP contribution >= 0.6 is 24.0 Å². The number of nitrogens with zero attached hydrogens (tertiary/aromatic N) is 3. The molecule has 0 saturated carbocycles. The minimum atomic E-state index is -4.76. The minimum Gasteiger partial charge on any atom is -0.406 e. The normalized spacial score (nSPS) is 11.9. The van der Waals surface area contributed by atoms with Crippen LogP contribution in [0.3, 0.4) is 0 Å². The minimum absolute atomic E-state index is 0.108. The third-order valence-electron chi connectivity index (χ3n) is 3.13. The maximum atomic E-state index is 12.2. The van der Waals surface area contributed by atoms with Gasteiger partial charge in [-0.25, -0.2) is 9.98 Å². The summed E-state index contributed by atoms with van der Waals surface area (Å²) in [7, 11) is 0. The number of nitrogens with one attached hydrogen (secondary N) is 2. The molecule has 0 spiro atoms. The molecule has 0 fully saturated rings. The highest BCUT2D eigenvalue weighted by molar-refractivity contribution is 7.82. The number of anilines is 1. The fourth-order valence-electron chi connectivity index (χ4n) is 2.12. The van der Waals surface area contributed by atoms with Crippen LogP contribution in [-0.4, -0.2) is 17.3 Å². The van der Waals surface area contributed by atoms with Gasteiger partial charge in [-0.2, -0.15) is 5.26 Å². The van der Waals surface area contributed by atoms with Crippen molar-refractivity contribution in [2.24, 2.45) is 4.99 Å². The van der Waals surface area contributed by atoms with Crippen molar-refractivity contribution in [2.75, 3.05) is 5.32 Å². The number of aliphatic imine (C=N–C) groups is 1. The van der Waals surface area contributed by atoms with Crippen LogP contribution < -0.4 is 15.4 Å². The molecule has 2 aromatic carbocycles. The summed E-state index contributed by atoms with van der Waals surface area (Å²) in [6.45, 7) is 0. The lowest BCUT2D eigenvalue weighted by molar-refractivity contribution is -0.274. The highest BCUT2D eigenvalue weighted by Gasteiger charge is 2.30. The quantitative estimate of drug-likeness (QED) is 0.193. The van der Waals surface area contributed by atoms with Crippen molar-refractivity contribution < 1.29 is 17.9 Å². The number of thiazole rings is 1. The van der Waals surface area contributed by atoms with Gasteiger partial charge >= 0.3 is 6.36 Å². The van der Waals surface area contributed by atoms with E-state index in [2.05, 4.69) is 38.0 Å². The van der Waals surface area contributed by atoms with Gasteiger partial charge in [0.15, 0.2) is 6.19 Å². The molecule has 0 radical (unpaired) electrons. The van der Waals surface area contributed by atoms with Gasteiger partial charge in [0, 0.05) is 5.69 Å². The Bertz CT molecular complexity index is 1030. The summed E-state index contributed by atoms with van der Waals surface area (Å²) in [5.41, 5.74) is 1.77. The van der Waals surface area contributed by atoms with Crippen LogP contribution in [0.5, 0.6) is 5.75 Å². The van der Waals surface area contributed by atoms with E-state index in [1.807, 2.05) is 6.07 Å². The number of alkyl halides is 3. The topological polar surface area (TPSA) is 82.3 Å². The number of hydrogen-bond donors (Lipinski definition) is 3. The standard InChI is InChI=1S/C16H10F3N5OS2/c17-16(18,19)25-11-4-1-9(2-5-11)22-14(21-8-20)23-10-3-6-12-13(7-10)27-15(26)24-12/h1-7H,(H,24,26)(H2,21,22,23). The zero-order valence-electron chi connectivity index (χ0n) is 13.3. The van der Waals surface area contributed by atoms with Crippen molar-refractivity contribution in [3.8, 4) is 11.9 Å². The highest BCUT2D eigenvalue weighted by atomic mass is 32.2. The van der Waals surface area contributed by atoms with E-state index < -0.39 is 6.36 Å². The number of ether oxygens (including phenoxy) is 1. The summed E-state index contributed by atoms with van der Waals surface area (Å²) < 4.78 is 41.9. The van der Waals surface area contributed by atoms with Crippen molar-refractivity contribution in [1.82, 2.24) is 10.3 Å². The molecule has 138 valence electrons. The van der Waals surface area contributed by atoms with Gasteiger partial charge in [0.25, 0.3) is 0 Å². The van der Waals surface area contributed by atoms with E-state index >= 15 is 0 Å². The number of aromatic nitrogens is 1. The van der Waals surface area contributed by atoms with Crippen LogP contribution in [-0.2, 0) is 0 Å². The Morgan fingerprint density at radius 3 is 2.63 bits per heavy atom. The number of rotatable bonds is 3. The molecule has 27 heavy (non-hydrogen) atoms. The van der Waals surface area contributed by atoms with Crippen LogP contribution in [0.15, 0.2) is 51.8 Å². The van der Waals surface area contributed by atoms with E-state index in [0.717, 1.165) is 22.3 Å². The maximum absolute atomic E-state index is 12.2. The van der Waals surface area contributed by atoms with E-state index in [1.54, 1.807) is 18.3 Å². The Hall–Kier alpha value is -2.97. The van der Waals surface area contributed by atoms with Crippen LogP contribution in [0.25, 0.3) is 10.2 Å². The first-order chi connectivity index (χ1) is 12.8. The number of benzene rings is 2. The molecule has 0 aliphatic rings. The van der Waals surface area contributed by atoms with Crippen molar-refractivity contribution in [1.29, 1.82) is 5.26 Å². The molecule has 0 amide bonds. The number of fused-ring (bicyclic) bond motifs is 1. The Labute approximate surface area is 160 Å². The smallest absolute Gasteiger partial charge is 0.406 e. The van der Waals surface area contributed by atoms with Crippen LogP contribution in [0, 0.1) is 11.5 Å². The molecule has 2 N–H and O–H groups in total. The van der Waals surface area contributed by atoms with Gasteiger partial charge < -0.3 is 10.1 Å². The number of nitriles is 1. The van der Waals surface area contributed by atoms with Crippen molar-refractivity contribution in [3.05, 3.63) is 42.5 Å². The van der Waals surface area contributed by atoms with E-state index in [9.17, 15) is 13.2 Å². The lowest BCUT2D eigenvalue weighted by atomic mass is 10.3. The Balaban J connectivity index is 1.80. The summed E-state index contributed by atoms with van der Waals surface area (Å²) >= 11 is 5.61. The highest BCUT2D eigenvalue weighted by Crippen LogP contribution is 2.27. The molecule has 0 aliphatic carbocycles. The largest absolute Gasteiger partial charge is 0.573 e. The first-order valence-corrected chi connectivity index (χ1v) is 8.55. The average Bonchev–Trinajstić information content (AvgIpc) is 2.95. The molecule has 0 bridgehead atoms. The number of halogens is 3. The summed E-state index contributed by atoms with van der Waals surface area (Å²) in [5, 5.41) is 14.2. The van der Waals surface area contributed by atoms with Crippen LogP contribution in [0.4, 0.5) is 24.5 Å². The van der Waals surface area contributed by atoms with Crippen LogP contribution in [0.1, 0.15) is 0 Å². The fourth-order valence-corrected chi connectivity index (χ4v) is 3.27. The number of thiol groups is 1. The molecule has 0 saturated heterocycles. The molecule has 0 atom stereocenters. The Morgan fingerprint density at radius 2 is 1.96 bits per heavy atom. The molecule has 11 heteroatoms. The van der Waals surface area contributed by atoms with Gasteiger partial charge in [-0.05, 0) is 42.5 Å². The molecule has 1 heterocycles. The predicted octanol–water partition coefficient (Wildman–Crippen LogP) is 4.65. The molecule has 3 rings (SSSR count). The first kappa shape index (κ1) is 18.8. The van der Waals surface area contributed by atoms with Crippen molar-refractivity contribution in [2.45, 2.75) is 10.7 Å². The molecule has 0 aliphatic heterocycles. The van der Waals surface area contributed by atoms with Crippen LogP contribution in [0.2, 0.25) is 0 Å². The van der Waals surface area contributed by atoms with E-state index in [4.69, 9.17) is 5.26 Å². The lowest BCUT2D eigenvalue weighted by Crippen LogP contribution is -2.26. The van der Waals surface area contributed by atoms with E-state index in [1.165, 1.54) is 23.5 Å². The summed E-state index contributed by atoms with van der Waals surface area (Å²) in [5.74, 6) is -0.251. The Kier molecular flexibility index (Phi) is 5.38. The predicted molar refractivity (Wildman–Crippen MR) is 99.5 cm³/mol. The third kappa shape index (κ3) is 5.25. The Morgan fingerprint density at radius 1 is 1.22 bits per heavy atom. The van der Waals surface area contributed by atoms with Crippen molar-refractivity contribution >= 4 is 51.5 Å². The van der Waals surface area contributed by atoms with Gasteiger partial charge in [0.2, 0.25) is 5.96 Å². The van der Waals surface area contributed by atoms with Gasteiger partial charge in [-0.3, -0.25) is 5.32 Å². The summed E-state index contributed by atoms with van der Waals surface area (Å²) in [4.78, 5) is 8.41. The second-order valence-electron chi connectivity index (χ2n) is 5.04. The second kappa shape index (κ2) is 7.73. The lowest BCUT2D eigenvalue weighted by Gasteiger charge is -2.10. The zero-order chi connectivity index (χ0) is 19.4. The average molecular weight is 409 g/mol. The third-order valence-corrected chi connectivity index (χ3v) is 4.32. The molecular formula is C16H10F3N5OS2. The summed E-state index contributed by atoms with van der Waals surface area (Å²) in [6.07, 6.45) is -3.01. The monoisotopic (exact) mass is 409 g/mol. The second-order valence-corrected chi connectivity index (χ2v) is 6.80. The zero-order valence-corrected chi connectivity index (χ0v) is 15.0. The maximum Gasteiger partial charge on any atom is 0.573 e. The fraction of sp³-hybridized carbons (Fsp3) is 0.0625. The molecular weight excluding hydrogens is 399 g/mol. The number of guanidine groups is 1. The number of hydrogen-bond acceptors (Lipinski definition) is 6. The van der Waals surface area contributed by atoms with Gasteiger partial charge in [-0.15, -0.1) is 37.1 Å². The van der Waals surface area contributed by atoms with E-state index in [-0.39, 0.29) is 11.7 Å². The van der Waals surface area contributed by atoms with Gasteiger partial charge in [0.05, 0.1) is 15.9 Å². The molecule has 3 aromatic rings. The summed E-state index contributed by atoms with van der Waals surface area (Å²) in [6, 6.07) is 10.3. The first-order valence-electron chi connectivity index (χ1n) is 7.28. The van der Waals surface area contributed by atoms with Gasteiger partial charge in [0.1, 0.15) is 10.1 Å². The van der Waals surface area contributed by atoms with Crippen molar-refractivity contribution in [3.63, 3.8) is 0 Å². The molecule has 1 aromatic heterocycles. The molecule has 0 unspecified atom stereocenters. The van der Waals surface area contributed by atoms with E-state index in [0.29, 0.717) is 15.7 Å². The SMILES string of the molecule is N#CN/C(=N\c1ccc(OC(F)(F)F)cc1)Nc1ccc2nc(S)sc2c1. The van der Waals surface area contributed by atoms with Gasteiger partial charge in [-0.1, -0.05) is 0 Å².